The number of likely N-dealkylation sites (tertiary alicyclic amines) is 1. The van der Waals surface area contributed by atoms with E-state index in [0.717, 1.165) is 34.9 Å². The third-order valence-corrected chi connectivity index (χ3v) is 5.81. The summed E-state index contributed by atoms with van der Waals surface area (Å²) in [5.74, 6) is 1.57. The second kappa shape index (κ2) is 8.27. The molecule has 1 aromatic heterocycles. The van der Waals surface area contributed by atoms with Crippen molar-refractivity contribution in [2.75, 3.05) is 13.1 Å². The van der Waals surface area contributed by atoms with Gasteiger partial charge >= 0.3 is 0 Å². The first kappa shape index (κ1) is 18.9. The van der Waals surface area contributed by atoms with E-state index in [-0.39, 0.29) is 11.8 Å². The molecule has 0 saturated carbocycles. The molecule has 4 rings (SSSR count). The van der Waals surface area contributed by atoms with Crippen molar-refractivity contribution < 1.29 is 9.32 Å². The van der Waals surface area contributed by atoms with Crippen molar-refractivity contribution in [3.8, 4) is 11.4 Å². The Hall–Kier alpha value is -2.47. The van der Waals surface area contributed by atoms with Gasteiger partial charge in [0, 0.05) is 34.6 Å². The Bertz CT molecular complexity index is 943. The van der Waals surface area contributed by atoms with E-state index in [1.165, 1.54) is 5.56 Å². The summed E-state index contributed by atoms with van der Waals surface area (Å²) in [4.78, 5) is 19.2. The minimum Gasteiger partial charge on any atom is -0.339 e. The van der Waals surface area contributed by atoms with Crippen LogP contribution < -0.4 is 0 Å². The molecule has 2 heterocycles. The van der Waals surface area contributed by atoms with Crippen LogP contribution in [0.25, 0.3) is 11.4 Å². The smallest absolute Gasteiger partial charge is 0.253 e. The van der Waals surface area contributed by atoms with Gasteiger partial charge < -0.3 is 9.42 Å². The maximum Gasteiger partial charge on any atom is 0.253 e. The Labute approximate surface area is 172 Å². The molecule has 0 radical (unpaired) electrons. The van der Waals surface area contributed by atoms with Gasteiger partial charge in [0.15, 0.2) is 0 Å². The molecule has 2 aromatic carbocycles. The maximum absolute atomic E-state index is 12.7. The third kappa shape index (κ3) is 4.02. The second-order valence-electron chi connectivity index (χ2n) is 7.08. The van der Waals surface area contributed by atoms with E-state index in [4.69, 9.17) is 4.52 Å². The molecule has 28 heavy (non-hydrogen) atoms. The summed E-state index contributed by atoms with van der Waals surface area (Å²) in [6, 6.07) is 15.8. The number of rotatable bonds is 4. The average molecular weight is 440 g/mol. The lowest BCUT2D eigenvalue weighted by molar-refractivity contribution is 0.0704. The van der Waals surface area contributed by atoms with Crippen LogP contribution in [0.2, 0.25) is 0 Å². The number of halogens is 1. The predicted molar refractivity (Wildman–Crippen MR) is 111 cm³/mol. The van der Waals surface area contributed by atoms with Crippen LogP contribution in [0.15, 0.2) is 57.5 Å². The van der Waals surface area contributed by atoms with Crippen LogP contribution in [-0.2, 0) is 6.42 Å². The van der Waals surface area contributed by atoms with Gasteiger partial charge in [-0.1, -0.05) is 40.1 Å². The van der Waals surface area contributed by atoms with Gasteiger partial charge in [-0.3, -0.25) is 4.79 Å². The zero-order chi connectivity index (χ0) is 19.5. The van der Waals surface area contributed by atoms with Crippen LogP contribution in [0.5, 0.6) is 0 Å². The maximum atomic E-state index is 12.7. The Kier molecular flexibility index (Phi) is 5.57. The van der Waals surface area contributed by atoms with E-state index in [9.17, 15) is 4.79 Å². The standard InChI is InChI=1S/C22H22BrN3O2/c1-2-15-3-5-18(6-4-15)22(27)26-13-11-17(12-14-26)21-24-20(25-28-21)16-7-9-19(23)10-8-16/h3-10,17H,2,11-14H2,1H3. The topological polar surface area (TPSA) is 59.2 Å². The van der Waals surface area contributed by atoms with Crippen molar-refractivity contribution >= 4 is 21.8 Å². The second-order valence-corrected chi connectivity index (χ2v) is 8.00. The fourth-order valence-electron chi connectivity index (χ4n) is 3.51. The largest absolute Gasteiger partial charge is 0.339 e. The van der Waals surface area contributed by atoms with Crippen molar-refractivity contribution in [3.05, 3.63) is 70.0 Å². The number of carbonyl (C=O) groups excluding carboxylic acids is 1. The van der Waals surface area contributed by atoms with E-state index in [1.807, 2.05) is 53.4 Å². The first-order valence-electron chi connectivity index (χ1n) is 9.62. The van der Waals surface area contributed by atoms with Gasteiger partial charge in [-0.15, -0.1) is 0 Å². The molecule has 0 bridgehead atoms. The fourth-order valence-corrected chi connectivity index (χ4v) is 3.78. The molecule has 1 saturated heterocycles. The van der Waals surface area contributed by atoms with E-state index < -0.39 is 0 Å². The summed E-state index contributed by atoms with van der Waals surface area (Å²) in [5, 5.41) is 4.13. The van der Waals surface area contributed by atoms with Gasteiger partial charge in [0.25, 0.3) is 5.91 Å². The van der Waals surface area contributed by atoms with Crippen molar-refractivity contribution in [2.45, 2.75) is 32.1 Å². The molecule has 0 atom stereocenters. The predicted octanol–water partition coefficient (Wildman–Crippen LogP) is 5.08. The average Bonchev–Trinajstić information content (AvgIpc) is 3.24. The van der Waals surface area contributed by atoms with Gasteiger partial charge in [0.2, 0.25) is 11.7 Å². The van der Waals surface area contributed by atoms with Crippen molar-refractivity contribution in [2.24, 2.45) is 0 Å². The highest BCUT2D eigenvalue weighted by Crippen LogP contribution is 2.29. The van der Waals surface area contributed by atoms with Crippen LogP contribution in [0.3, 0.4) is 0 Å². The summed E-state index contributed by atoms with van der Waals surface area (Å²) >= 11 is 3.43. The molecule has 1 amide bonds. The Morgan fingerprint density at radius 2 is 1.79 bits per heavy atom. The number of piperidine rings is 1. The number of hydrogen-bond donors (Lipinski definition) is 0. The quantitative estimate of drug-likeness (QED) is 0.568. The minimum atomic E-state index is 0.0992. The van der Waals surface area contributed by atoms with Gasteiger partial charge in [0.05, 0.1) is 0 Å². The third-order valence-electron chi connectivity index (χ3n) is 5.28. The SMILES string of the molecule is CCc1ccc(C(=O)N2CCC(c3nc(-c4ccc(Br)cc4)no3)CC2)cc1. The summed E-state index contributed by atoms with van der Waals surface area (Å²) in [5.41, 5.74) is 2.93. The summed E-state index contributed by atoms with van der Waals surface area (Å²) in [6.45, 7) is 3.52. The molecule has 0 aliphatic carbocycles. The highest BCUT2D eigenvalue weighted by molar-refractivity contribution is 9.10. The fraction of sp³-hybridized carbons (Fsp3) is 0.318. The summed E-state index contributed by atoms with van der Waals surface area (Å²) in [6.07, 6.45) is 2.65. The van der Waals surface area contributed by atoms with Crippen LogP contribution in [-0.4, -0.2) is 34.0 Å². The van der Waals surface area contributed by atoms with Crippen LogP contribution in [0, 0.1) is 0 Å². The van der Waals surface area contributed by atoms with Gasteiger partial charge in [-0.25, -0.2) is 0 Å². The number of hydrogen-bond acceptors (Lipinski definition) is 4. The van der Waals surface area contributed by atoms with Crippen LogP contribution in [0.4, 0.5) is 0 Å². The first-order valence-corrected chi connectivity index (χ1v) is 10.4. The summed E-state index contributed by atoms with van der Waals surface area (Å²) < 4.78 is 6.53. The number of carbonyl (C=O) groups is 1. The Morgan fingerprint density at radius 1 is 1.11 bits per heavy atom. The molecule has 1 aliphatic rings. The Balaban J connectivity index is 1.38. The zero-order valence-electron chi connectivity index (χ0n) is 15.8. The lowest BCUT2D eigenvalue weighted by Crippen LogP contribution is -2.38. The lowest BCUT2D eigenvalue weighted by Gasteiger charge is -2.30. The number of nitrogens with zero attached hydrogens (tertiary/aromatic N) is 3. The van der Waals surface area contributed by atoms with Crippen molar-refractivity contribution in [1.29, 1.82) is 0 Å². The molecule has 5 nitrogen and oxygen atoms in total. The normalized spacial score (nSPS) is 15.0. The summed E-state index contributed by atoms with van der Waals surface area (Å²) in [7, 11) is 0. The molecule has 0 N–H and O–H groups in total. The molecule has 3 aromatic rings. The molecular weight excluding hydrogens is 418 g/mol. The van der Waals surface area contributed by atoms with Gasteiger partial charge in [-0.05, 0) is 61.2 Å². The number of aryl methyl sites for hydroxylation is 1. The van der Waals surface area contributed by atoms with E-state index >= 15 is 0 Å². The Morgan fingerprint density at radius 3 is 2.43 bits per heavy atom. The van der Waals surface area contributed by atoms with E-state index in [2.05, 4.69) is 33.0 Å². The minimum absolute atomic E-state index is 0.0992. The first-order chi connectivity index (χ1) is 13.6. The number of amides is 1. The van der Waals surface area contributed by atoms with E-state index in [0.29, 0.717) is 24.8 Å². The molecular formula is C22H22BrN3O2. The lowest BCUT2D eigenvalue weighted by atomic mass is 9.96. The number of benzene rings is 2. The molecule has 6 heteroatoms. The van der Waals surface area contributed by atoms with Gasteiger partial charge in [0.1, 0.15) is 0 Å². The van der Waals surface area contributed by atoms with Crippen molar-refractivity contribution in [1.82, 2.24) is 15.0 Å². The number of aromatic nitrogens is 2. The molecule has 1 aliphatic heterocycles. The van der Waals surface area contributed by atoms with E-state index in [1.54, 1.807) is 0 Å². The highest BCUT2D eigenvalue weighted by Gasteiger charge is 2.28. The molecule has 1 fully saturated rings. The molecule has 144 valence electrons. The highest BCUT2D eigenvalue weighted by atomic mass is 79.9. The zero-order valence-corrected chi connectivity index (χ0v) is 17.4. The molecule has 0 spiro atoms. The van der Waals surface area contributed by atoms with Crippen LogP contribution >= 0.6 is 15.9 Å². The van der Waals surface area contributed by atoms with Crippen molar-refractivity contribution in [3.63, 3.8) is 0 Å². The van der Waals surface area contributed by atoms with Gasteiger partial charge in [-0.2, -0.15) is 4.98 Å². The molecule has 0 unspecified atom stereocenters. The monoisotopic (exact) mass is 439 g/mol. The van der Waals surface area contributed by atoms with Crippen LogP contribution in [0.1, 0.15) is 47.5 Å².